The number of nitrogens with zero attached hydrogens (tertiary/aromatic N) is 2. The Balaban J connectivity index is 1.25. The maximum Gasteiger partial charge on any atom is 0.261 e. The Hall–Kier alpha value is -3.49. The van der Waals surface area contributed by atoms with Crippen LogP contribution in [0.1, 0.15) is 17.9 Å². The number of rotatable bonds is 6. The van der Waals surface area contributed by atoms with Crippen molar-refractivity contribution >= 4 is 49.7 Å². The molecule has 2 unspecified atom stereocenters. The maximum absolute atomic E-state index is 12.7. The summed E-state index contributed by atoms with van der Waals surface area (Å²) in [6.45, 7) is 0. The van der Waals surface area contributed by atoms with E-state index in [9.17, 15) is 13.2 Å². The van der Waals surface area contributed by atoms with Crippen molar-refractivity contribution in [2.24, 2.45) is 5.92 Å². The number of hydrogen-bond donors (Lipinski definition) is 2. The predicted octanol–water partition coefficient (Wildman–Crippen LogP) is 4.83. The number of benzene rings is 2. The first-order chi connectivity index (χ1) is 15.9. The lowest BCUT2D eigenvalue weighted by molar-refractivity contribution is -0.117. The minimum Gasteiger partial charge on any atom is -0.326 e. The minimum absolute atomic E-state index is 0.0567. The molecule has 1 amide bonds. The molecule has 0 saturated heterocycles. The van der Waals surface area contributed by atoms with Crippen LogP contribution < -0.4 is 10.0 Å². The first-order valence-corrected chi connectivity index (χ1v) is 12.1. The van der Waals surface area contributed by atoms with Gasteiger partial charge >= 0.3 is 0 Å². The van der Waals surface area contributed by atoms with Crippen molar-refractivity contribution in [3.05, 3.63) is 90.0 Å². The third kappa shape index (κ3) is 4.53. The number of halogens is 1. The molecule has 2 heterocycles. The van der Waals surface area contributed by atoms with E-state index in [2.05, 4.69) is 20.0 Å². The lowest BCUT2D eigenvalue weighted by Gasteiger charge is -2.09. The van der Waals surface area contributed by atoms with Crippen LogP contribution in [0.3, 0.4) is 0 Å². The molecule has 2 N–H and O–H groups in total. The summed E-state index contributed by atoms with van der Waals surface area (Å²) in [5.74, 6) is -0.176. The number of amides is 1. The summed E-state index contributed by atoms with van der Waals surface area (Å²) >= 11 is 6.21. The molecule has 0 bridgehead atoms. The molecule has 1 saturated carbocycles. The Morgan fingerprint density at radius 3 is 2.55 bits per heavy atom. The second kappa shape index (κ2) is 8.46. The number of fused-ring (bicyclic) bond motifs is 1. The van der Waals surface area contributed by atoms with E-state index in [1.807, 2.05) is 18.2 Å². The summed E-state index contributed by atoms with van der Waals surface area (Å²) in [6.07, 6.45) is 7.02. The number of carbonyl (C=O) groups excluding carboxylic acids is 1. The number of aromatic nitrogens is 2. The monoisotopic (exact) mass is 478 g/mol. The van der Waals surface area contributed by atoms with Crippen LogP contribution in [0.2, 0.25) is 5.02 Å². The van der Waals surface area contributed by atoms with Crippen LogP contribution in [-0.2, 0) is 14.8 Å². The highest BCUT2D eigenvalue weighted by atomic mass is 35.5. The molecule has 5 rings (SSSR count). The predicted molar refractivity (Wildman–Crippen MR) is 128 cm³/mol. The Morgan fingerprint density at radius 2 is 1.79 bits per heavy atom. The van der Waals surface area contributed by atoms with Crippen molar-refractivity contribution in [3.8, 4) is 0 Å². The van der Waals surface area contributed by atoms with Crippen molar-refractivity contribution in [1.29, 1.82) is 0 Å². The summed E-state index contributed by atoms with van der Waals surface area (Å²) in [6, 6.07) is 15.5. The summed E-state index contributed by atoms with van der Waals surface area (Å²) in [7, 11) is -3.71. The third-order valence-electron chi connectivity index (χ3n) is 5.64. The van der Waals surface area contributed by atoms with Crippen LogP contribution in [0.4, 0.5) is 11.4 Å². The average molecular weight is 479 g/mol. The Morgan fingerprint density at radius 1 is 0.970 bits per heavy atom. The van der Waals surface area contributed by atoms with Gasteiger partial charge < -0.3 is 5.32 Å². The van der Waals surface area contributed by atoms with Crippen molar-refractivity contribution in [2.45, 2.75) is 17.2 Å². The molecule has 1 fully saturated rings. The topological polar surface area (TPSA) is 101 Å². The van der Waals surface area contributed by atoms with Gasteiger partial charge in [0.15, 0.2) is 0 Å². The largest absolute Gasteiger partial charge is 0.326 e. The molecule has 1 aliphatic carbocycles. The lowest BCUT2D eigenvalue weighted by Crippen LogP contribution is -2.14. The molecule has 9 heteroatoms. The van der Waals surface area contributed by atoms with Gasteiger partial charge in [0.1, 0.15) is 0 Å². The fourth-order valence-electron chi connectivity index (χ4n) is 3.83. The van der Waals surface area contributed by atoms with E-state index in [0.29, 0.717) is 22.8 Å². The fraction of sp³-hybridized carbons (Fsp3) is 0.125. The molecule has 2 aromatic carbocycles. The van der Waals surface area contributed by atoms with Gasteiger partial charge in [0, 0.05) is 41.0 Å². The summed E-state index contributed by atoms with van der Waals surface area (Å²) in [5, 5.41) is 5.21. The van der Waals surface area contributed by atoms with Crippen molar-refractivity contribution in [2.75, 3.05) is 10.0 Å². The molecule has 0 aliphatic heterocycles. The van der Waals surface area contributed by atoms with Crippen molar-refractivity contribution < 1.29 is 13.2 Å². The van der Waals surface area contributed by atoms with Crippen molar-refractivity contribution in [1.82, 2.24) is 9.97 Å². The van der Waals surface area contributed by atoms with E-state index >= 15 is 0 Å². The van der Waals surface area contributed by atoms with E-state index in [-0.39, 0.29) is 22.6 Å². The number of carbonyl (C=O) groups is 1. The number of anilines is 2. The SMILES string of the molecule is O=C(Nc1ccc2cncc(Cl)c2c1)C1CC1c1ccc(S(=O)(=O)Nc2cccnc2)cc1. The van der Waals surface area contributed by atoms with Gasteiger partial charge in [0.2, 0.25) is 5.91 Å². The summed E-state index contributed by atoms with van der Waals surface area (Å²) in [5.41, 5.74) is 2.00. The standard InChI is InChI=1S/C24H19ClN4O3S/c25-23-14-27-12-16-3-6-17(10-21(16)23)28-24(30)22-11-20(22)15-4-7-19(8-5-15)33(31,32)29-18-2-1-9-26-13-18/h1-10,12-14,20,22,29H,11H2,(H,28,30). The van der Waals surface area contributed by atoms with Crippen LogP contribution >= 0.6 is 11.6 Å². The molecule has 33 heavy (non-hydrogen) atoms. The van der Waals surface area contributed by atoms with E-state index in [4.69, 9.17) is 11.6 Å². The van der Waals surface area contributed by atoms with Crippen LogP contribution in [0, 0.1) is 5.92 Å². The molecule has 4 aromatic rings. The maximum atomic E-state index is 12.7. The zero-order chi connectivity index (χ0) is 23.0. The van der Waals surface area contributed by atoms with E-state index in [0.717, 1.165) is 16.3 Å². The molecule has 0 radical (unpaired) electrons. The zero-order valence-corrected chi connectivity index (χ0v) is 18.8. The lowest BCUT2D eigenvalue weighted by atomic mass is 10.1. The Bertz CT molecular complexity index is 1440. The van der Waals surface area contributed by atoms with Gasteiger partial charge in [-0.25, -0.2) is 8.42 Å². The Kier molecular flexibility index (Phi) is 5.47. The molecule has 7 nitrogen and oxygen atoms in total. The normalized spacial score (nSPS) is 17.5. The highest BCUT2D eigenvalue weighted by molar-refractivity contribution is 7.92. The van der Waals surface area contributed by atoms with Crippen LogP contribution in [0.15, 0.2) is 84.3 Å². The van der Waals surface area contributed by atoms with E-state index in [1.165, 1.54) is 6.20 Å². The van der Waals surface area contributed by atoms with Gasteiger partial charge in [-0.05, 0) is 54.3 Å². The molecular formula is C24H19ClN4O3S. The molecule has 1 aliphatic rings. The second-order valence-corrected chi connectivity index (χ2v) is 10.0. The minimum atomic E-state index is -3.71. The smallest absolute Gasteiger partial charge is 0.261 e. The highest BCUT2D eigenvalue weighted by Crippen LogP contribution is 2.48. The quantitative estimate of drug-likeness (QED) is 0.413. The number of pyridine rings is 2. The summed E-state index contributed by atoms with van der Waals surface area (Å²) in [4.78, 5) is 20.9. The van der Waals surface area contributed by atoms with E-state index < -0.39 is 10.0 Å². The first-order valence-electron chi connectivity index (χ1n) is 10.3. The van der Waals surface area contributed by atoms with Crippen LogP contribution in [0.25, 0.3) is 10.8 Å². The Labute approximate surface area is 195 Å². The number of nitrogens with one attached hydrogen (secondary N) is 2. The molecule has 2 atom stereocenters. The number of sulfonamides is 1. The molecule has 2 aromatic heterocycles. The van der Waals surface area contributed by atoms with Crippen LogP contribution in [-0.4, -0.2) is 24.3 Å². The second-order valence-electron chi connectivity index (χ2n) is 7.91. The molecular weight excluding hydrogens is 460 g/mol. The van der Waals surface area contributed by atoms with Gasteiger partial charge in [-0.1, -0.05) is 29.8 Å². The third-order valence-corrected chi connectivity index (χ3v) is 7.34. The van der Waals surface area contributed by atoms with E-state index in [1.54, 1.807) is 55.0 Å². The zero-order valence-electron chi connectivity index (χ0n) is 17.3. The van der Waals surface area contributed by atoms with Gasteiger partial charge in [0.25, 0.3) is 10.0 Å². The fourth-order valence-corrected chi connectivity index (χ4v) is 5.09. The van der Waals surface area contributed by atoms with Crippen molar-refractivity contribution in [3.63, 3.8) is 0 Å². The van der Waals surface area contributed by atoms with Gasteiger partial charge in [-0.15, -0.1) is 0 Å². The highest BCUT2D eigenvalue weighted by Gasteiger charge is 2.44. The van der Waals surface area contributed by atoms with Gasteiger partial charge in [0.05, 0.1) is 21.8 Å². The molecule has 166 valence electrons. The summed E-state index contributed by atoms with van der Waals surface area (Å²) < 4.78 is 27.7. The van der Waals surface area contributed by atoms with Gasteiger partial charge in [-0.2, -0.15) is 0 Å². The average Bonchev–Trinajstić information content (AvgIpc) is 3.61. The molecule has 0 spiro atoms. The first kappa shape index (κ1) is 21.4. The van der Waals surface area contributed by atoms with Gasteiger partial charge in [-0.3, -0.25) is 19.5 Å². The number of hydrogen-bond acceptors (Lipinski definition) is 5. The van der Waals surface area contributed by atoms with Crippen LogP contribution in [0.5, 0.6) is 0 Å².